The van der Waals surface area contributed by atoms with E-state index >= 15 is 0 Å². The van der Waals surface area contributed by atoms with Crippen molar-refractivity contribution in [2.45, 2.75) is 26.3 Å². The predicted molar refractivity (Wildman–Crippen MR) is 102 cm³/mol. The minimum atomic E-state index is -0.223. The second-order valence-corrected chi connectivity index (χ2v) is 7.08. The van der Waals surface area contributed by atoms with Gasteiger partial charge in [0.05, 0.1) is 6.04 Å². The smallest absolute Gasteiger partial charge is 0.251 e. The maximum atomic E-state index is 12.6. The van der Waals surface area contributed by atoms with Crippen molar-refractivity contribution in [3.8, 4) is 11.5 Å². The van der Waals surface area contributed by atoms with Gasteiger partial charge in [0.2, 0.25) is 5.91 Å². The van der Waals surface area contributed by atoms with Gasteiger partial charge in [0.15, 0.2) is 11.5 Å². The van der Waals surface area contributed by atoms with Gasteiger partial charge in [-0.05, 0) is 38.1 Å². The fraction of sp³-hybridized carbons (Fsp3) is 0.333. The quantitative estimate of drug-likeness (QED) is 0.907. The summed E-state index contributed by atoms with van der Waals surface area (Å²) in [7, 11) is 0. The maximum absolute atomic E-state index is 12.6. The zero-order valence-electron chi connectivity index (χ0n) is 15.5. The molecule has 1 atom stereocenters. The number of hydrogen-bond acceptors (Lipinski definition) is 4. The van der Waals surface area contributed by atoms with Crippen LogP contribution < -0.4 is 19.7 Å². The number of nitrogens with one attached hydrogen (secondary N) is 1. The van der Waals surface area contributed by atoms with Crippen LogP contribution in [0.5, 0.6) is 11.5 Å². The topological polar surface area (TPSA) is 67.9 Å². The van der Waals surface area contributed by atoms with Crippen LogP contribution >= 0.6 is 0 Å². The monoisotopic (exact) mass is 366 g/mol. The van der Waals surface area contributed by atoms with E-state index in [9.17, 15) is 9.59 Å². The van der Waals surface area contributed by atoms with Crippen LogP contribution in [-0.4, -0.2) is 37.6 Å². The minimum Gasteiger partial charge on any atom is -0.486 e. The Morgan fingerprint density at radius 2 is 1.74 bits per heavy atom. The Morgan fingerprint density at radius 1 is 1.04 bits per heavy atom. The molecular weight excluding hydrogens is 344 g/mol. The Balaban J connectivity index is 1.47. The van der Waals surface area contributed by atoms with Crippen LogP contribution in [0, 0.1) is 13.8 Å². The number of anilines is 1. The Bertz CT molecular complexity index is 889. The first kappa shape index (κ1) is 17.4. The van der Waals surface area contributed by atoms with Crippen molar-refractivity contribution >= 4 is 17.5 Å². The van der Waals surface area contributed by atoms with Crippen LogP contribution in [0.2, 0.25) is 0 Å². The number of benzene rings is 2. The number of nitrogens with zero attached hydrogens (tertiary/aromatic N) is 1. The molecule has 0 bridgehead atoms. The molecule has 6 heteroatoms. The average Bonchev–Trinajstić information content (AvgIpc) is 3.00. The molecule has 0 saturated carbocycles. The largest absolute Gasteiger partial charge is 0.486 e. The molecule has 0 spiro atoms. The molecule has 1 N–H and O–H groups in total. The third-order valence-electron chi connectivity index (χ3n) is 4.78. The van der Waals surface area contributed by atoms with Gasteiger partial charge >= 0.3 is 0 Å². The first-order chi connectivity index (χ1) is 13.0. The van der Waals surface area contributed by atoms with Gasteiger partial charge in [-0.25, -0.2) is 0 Å². The zero-order chi connectivity index (χ0) is 19.0. The van der Waals surface area contributed by atoms with E-state index in [1.54, 1.807) is 4.90 Å². The first-order valence-electron chi connectivity index (χ1n) is 9.09. The minimum absolute atomic E-state index is 0.0163. The van der Waals surface area contributed by atoms with Gasteiger partial charge in [0, 0.05) is 30.3 Å². The molecule has 0 radical (unpaired) electrons. The number of amides is 2. The number of carbonyl (C=O) groups is 2. The van der Waals surface area contributed by atoms with E-state index in [-0.39, 0.29) is 24.3 Å². The second kappa shape index (κ2) is 6.95. The number of carbonyl (C=O) groups excluding carboxylic acids is 2. The fourth-order valence-electron chi connectivity index (χ4n) is 3.63. The highest BCUT2D eigenvalue weighted by molar-refractivity contribution is 5.99. The Morgan fingerprint density at radius 3 is 2.48 bits per heavy atom. The van der Waals surface area contributed by atoms with Gasteiger partial charge in [-0.3, -0.25) is 9.59 Å². The van der Waals surface area contributed by atoms with Gasteiger partial charge in [-0.1, -0.05) is 17.2 Å². The van der Waals surface area contributed by atoms with Gasteiger partial charge in [-0.2, -0.15) is 0 Å². The van der Waals surface area contributed by atoms with Crippen LogP contribution in [0.15, 0.2) is 36.4 Å². The SMILES string of the molecule is Cc1cc(C)cc(C(=O)NC2CC(=O)N(c3ccc4c(c3)OCCO4)C2)c1. The Labute approximate surface area is 158 Å². The molecule has 2 amide bonds. The Hall–Kier alpha value is -3.02. The summed E-state index contributed by atoms with van der Waals surface area (Å²) in [5.74, 6) is 1.17. The molecule has 0 aromatic heterocycles. The summed E-state index contributed by atoms with van der Waals surface area (Å²) >= 11 is 0. The molecule has 1 unspecified atom stereocenters. The third-order valence-corrected chi connectivity index (χ3v) is 4.78. The molecule has 6 nitrogen and oxygen atoms in total. The zero-order valence-corrected chi connectivity index (χ0v) is 15.5. The molecule has 27 heavy (non-hydrogen) atoms. The summed E-state index contributed by atoms with van der Waals surface area (Å²) in [4.78, 5) is 26.7. The molecule has 0 aliphatic carbocycles. The van der Waals surface area contributed by atoms with Gasteiger partial charge in [-0.15, -0.1) is 0 Å². The highest BCUT2D eigenvalue weighted by atomic mass is 16.6. The standard InChI is InChI=1S/C21H22N2O4/c1-13-7-14(2)9-15(8-13)21(25)22-16-10-20(24)23(12-16)17-3-4-18-19(11-17)27-6-5-26-18/h3-4,7-9,11,16H,5-6,10,12H2,1-2H3,(H,22,25). The number of rotatable bonds is 3. The van der Waals surface area contributed by atoms with Crippen molar-refractivity contribution in [2.75, 3.05) is 24.7 Å². The Kier molecular flexibility index (Phi) is 4.48. The van der Waals surface area contributed by atoms with Crippen molar-refractivity contribution in [3.63, 3.8) is 0 Å². The summed E-state index contributed by atoms with van der Waals surface area (Å²) < 4.78 is 11.1. The summed E-state index contributed by atoms with van der Waals surface area (Å²) in [5.41, 5.74) is 3.46. The van der Waals surface area contributed by atoms with Gasteiger partial charge in [0.25, 0.3) is 5.91 Å². The van der Waals surface area contributed by atoms with Crippen LogP contribution in [0.3, 0.4) is 0 Å². The van der Waals surface area contributed by atoms with Crippen molar-refractivity contribution in [1.82, 2.24) is 5.32 Å². The lowest BCUT2D eigenvalue weighted by Gasteiger charge is -2.22. The lowest BCUT2D eigenvalue weighted by molar-refractivity contribution is -0.117. The molecule has 2 heterocycles. The van der Waals surface area contributed by atoms with Gasteiger partial charge < -0.3 is 19.7 Å². The maximum Gasteiger partial charge on any atom is 0.251 e. The lowest BCUT2D eigenvalue weighted by Crippen LogP contribution is -2.37. The van der Waals surface area contributed by atoms with Crippen LogP contribution in [0.4, 0.5) is 5.69 Å². The van der Waals surface area contributed by atoms with Gasteiger partial charge in [0.1, 0.15) is 13.2 Å². The normalized spacial score (nSPS) is 18.5. The summed E-state index contributed by atoms with van der Waals surface area (Å²) in [6.45, 7) is 5.40. The van der Waals surface area contributed by atoms with Crippen LogP contribution in [-0.2, 0) is 4.79 Å². The van der Waals surface area contributed by atoms with Crippen LogP contribution in [0.1, 0.15) is 27.9 Å². The van der Waals surface area contributed by atoms with E-state index in [2.05, 4.69) is 5.32 Å². The number of ether oxygens (including phenoxy) is 2. The van der Waals surface area contributed by atoms with Crippen molar-refractivity contribution in [2.24, 2.45) is 0 Å². The van der Waals surface area contributed by atoms with E-state index in [1.165, 1.54) is 0 Å². The highest BCUT2D eigenvalue weighted by Crippen LogP contribution is 2.35. The summed E-state index contributed by atoms with van der Waals surface area (Å²) in [5, 5.41) is 2.98. The van der Waals surface area contributed by atoms with E-state index in [4.69, 9.17) is 9.47 Å². The molecule has 2 aliphatic rings. The summed E-state index contributed by atoms with van der Waals surface area (Å²) in [6.07, 6.45) is 0.283. The van der Waals surface area contributed by atoms with E-state index in [1.807, 2.05) is 50.2 Å². The van der Waals surface area contributed by atoms with Crippen molar-refractivity contribution in [3.05, 3.63) is 53.1 Å². The molecule has 2 aromatic carbocycles. The van der Waals surface area contributed by atoms with E-state index in [0.29, 0.717) is 36.8 Å². The predicted octanol–water partition coefficient (Wildman–Crippen LogP) is 2.61. The van der Waals surface area contributed by atoms with Crippen LogP contribution in [0.25, 0.3) is 0 Å². The molecule has 1 fully saturated rings. The number of fused-ring (bicyclic) bond motifs is 1. The molecule has 2 aromatic rings. The average molecular weight is 366 g/mol. The highest BCUT2D eigenvalue weighted by Gasteiger charge is 2.32. The summed E-state index contributed by atoms with van der Waals surface area (Å²) in [6, 6.07) is 11.0. The number of hydrogen-bond donors (Lipinski definition) is 1. The fourth-order valence-corrected chi connectivity index (χ4v) is 3.63. The second-order valence-electron chi connectivity index (χ2n) is 7.08. The molecular formula is C21H22N2O4. The molecule has 140 valence electrons. The van der Waals surface area contributed by atoms with Crippen molar-refractivity contribution < 1.29 is 19.1 Å². The molecule has 4 rings (SSSR count). The lowest BCUT2D eigenvalue weighted by atomic mass is 10.1. The van der Waals surface area contributed by atoms with Crippen molar-refractivity contribution in [1.29, 1.82) is 0 Å². The molecule has 2 aliphatic heterocycles. The molecule has 1 saturated heterocycles. The first-order valence-corrected chi connectivity index (χ1v) is 9.09. The van der Waals surface area contributed by atoms with E-state index < -0.39 is 0 Å². The van der Waals surface area contributed by atoms with E-state index in [0.717, 1.165) is 16.8 Å². The number of aryl methyl sites for hydroxylation is 2. The third kappa shape index (κ3) is 3.60.